The molecule has 0 fully saturated rings. The Morgan fingerprint density at radius 2 is 2.00 bits per heavy atom. The second kappa shape index (κ2) is 5.50. The lowest BCUT2D eigenvalue weighted by Crippen LogP contribution is -2.25. The minimum absolute atomic E-state index is 0.127. The van der Waals surface area contributed by atoms with Crippen LogP contribution in [-0.4, -0.2) is 20.5 Å². The van der Waals surface area contributed by atoms with Gasteiger partial charge < -0.3 is 0 Å². The topological polar surface area (TPSA) is 43.4 Å². The highest BCUT2D eigenvalue weighted by molar-refractivity contribution is 7.87. The smallest absolute Gasteiger partial charge is 0.263 e. The fourth-order valence-corrected chi connectivity index (χ4v) is 1.23. The van der Waals surface area contributed by atoms with Crippen molar-refractivity contribution in [2.45, 2.75) is 25.3 Å². The maximum Gasteiger partial charge on any atom is 0.523 e. The summed E-state index contributed by atoms with van der Waals surface area (Å²) >= 11 is 0. The molecule has 0 aliphatic carbocycles. The number of rotatable bonds is 6. The third-order valence-corrected chi connectivity index (χ3v) is 2.77. The van der Waals surface area contributed by atoms with Gasteiger partial charge in [0, 0.05) is 0 Å². The molecule has 0 spiro atoms. The molecule has 90 valence electrons. The molecule has 0 aromatic heterocycles. The van der Waals surface area contributed by atoms with E-state index in [-0.39, 0.29) is 12.3 Å². The van der Waals surface area contributed by atoms with Gasteiger partial charge in [0.1, 0.15) is 0 Å². The summed E-state index contributed by atoms with van der Waals surface area (Å²) < 4.78 is 59.9. The predicted molar refractivity (Wildman–Crippen MR) is 49.5 cm³/mol. The lowest BCUT2D eigenvalue weighted by molar-refractivity contribution is -0.0543. The quantitative estimate of drug-likeness (QED) is 0.313. The van der Waals surface area contributed by atoms with Crippen LogP contribution in [-0.2, 0) is 14.3 Å². The molecule has 0 bridgehead atoms. The summed E-state index contributed by atoms with van der Waals surface area (Å²) in [6.07, 6.45) is 2.41. The largest absolute Gasteiger partial charge is 0.523 e. The second-order valence-corrected chi connectivity index (χ2v) is 4.68. The zero-order valence-corrected chi connectivity index (χ0v) is 9.07. The van der Waals surface area contributed by atoms with E-state index in [1.165, 1.54) is 0 Å². The highest BCUT2D eigenvalue weighted by Crippen LogP contribution is 2.24. The van der Waals surface area contributed by atoms with Crippen molar-refractivity contribution in [3.63, 3.8) is 0 Å². The van der Waals surface area contributed by atoms with E-state index in [4.69, 9.17) is 0 Å². The molecule has 0 amide bonds. The minimum Gasteiger partial charge on any atom is -0.263 e. The molecule has 15 heavy (non-hydrogen) atoms. The molecule has 0 aromatic carbocycles. The van der Waals surface area contributed by atoms with Gasteiger partial charge in [0.15, 0.2) is 0 Å². The Kier molecular flexibility index (Phi) is 5.30. The van der Waals surface area contributed by atoms with Crippen LogP contribution in [0.15, 0.2) is 12.7 Å². The van der Waals surface area contributed by atoms with Crippen molar-refractivity contribution in [1.29, 1.82) is 0 Å². The number of alkyl halides is 3. The Bertz CT molecular complexity index is 295. The van der Waals surface area contributed by atoms with E-state index in [9.17, 15) is 21.6 Å². The summed E-state index contributed by atoms with van der Waals surface area (Å²) in [4.78, 5) is 0. The Labute approximate surface area is 87.0 Å². The zero-order chi connectivity index (χ0) is 12.1. The first-order chi connectivity index (χ1) is 6.70. The van der Waals surface area contributed by atoms with E-state index < -0.39 is 22.2 Å². The van der Waals surface area contributed by atoms with Gasteiger partial charge in [-0.05, 0) is 18.8 Å². The molecule has 0 saturated carbocycles. The highest BCUT2D eigenvalue weighted by atomic mass is 32.2. The lowest BCUT2D eigenvalue weighted by atomic mass is 10.1. The third kappa shape index (κ3) is 5.17. The summed E-state index contributed by atoms with van der Waals surface area (Å²) in [5.74, 6) is 0.127. The molecule has 0 aliphatic rings. The van der Waals surface area contributed by atoms with Crippen LogP contribution in [0.3, 0.4) is 0 Å². The summed E-state index contributed by atoms with van der Waals surface area (Å²) in [6, 6.07) is 0. The number of halogens is 3. The molecule has 0 saturated heterocycles. The van der Waals surface area contributed by atoms with Crippen molar-refractivity contribution in [2.24, 2.45) is 5.92 Å². The van der Waals surface area contributed by atoms with Gasteiger partial charge in [-0.15, -0.1) is 6.58 Å². The van der Waals surface area contributed by atoms with Crippen LogP contribution in [0.4, 0.5) is 13.2 Å². The first-order valence-electron chi connectivity index (χ1n) is 4.29. The van der Waals surface area contributed by atoms with Crippen LogP contribution in [0.1, 0.15) is 19.8 Å². The number of allylic oxidation sites excluding steroid dienone is 1. The van der Waals surface area contributed by atoms with Gasteiger partial charge in [0.2, 0.25) is 0 Å². The van der Waals surface area contributed by atoms with E-state index in [2.05, 4.69) is 10.8 Å². The molecule has 0 aromatic rings. The average molecular weight is 246 g/mol. The molecule has 1 atom stereocenters. The van der Waals surface area contributed by atoms with Crippen molar-refractivity contribution in [3.8, 4) is 0 Å². The molecule has 0 radical (unpaired) electrons. The summed E-state index contributed by atoms with van der Waals surface area (Å²) in [5.41, 5.74) is -5.34. The maximum absolute atomic E-state index is 11.8. The van der Waals surface area contributed by atoms with Crippen molar-refractivity contribution < 1.29 is 25.8 Å². The van der Waals surface area contributed by atoms with Gasteiger partial charge in [-0.3, -0.25) is 4.18 Å². The fraction of sp³-hybridized carbons (Fsp3) is 0.750. The molecule has 0 heterocycles. The zero-order valence-electron chi connectivity index (χ0n) is 8.25. The summed E-state index contributed by atoms with van der Waals surface area (Å²) in [7, 11) is -5.43. The normalized spacial score (nSPS) is 14.9. The first-order valence-corrected chi connectivity index (χ1v) is 5.70. The summed E-state index contributed by atoms with van der Waals surface area (Å²) in [5, 5.41) is 0. The van der Waals surface area contributed by atoms with Gasteiger partial charge in [-0.2, -0.15) is 21.6 Å². The van der Waals surface area contributed by atoms with E-state index in [1.54, 1.807) is 6.08 Å². The van der Waals surface area contributed by atoms with Crippen LogP contribution >= 0.6 is 0 Å². The predicted octanol–water partition coefficient (Wildman–Crippen LogP) is 2.45. The number of hydrogen-bond donors (Lipinski definition) is 0. The monoisotopic (exact) mass is 246 g/mol. The van der Waals surface area contributed by atoms with Crippen LogP contribution < -0.4 is 0 Å². The van der Waals surface area contributed by atoms with Crippen LogP contribution in [0.5, 0.6) is 0 Å². The van der Waals surface area contributed by atoms with Crippen LogP contribution in [0.25, 0.3) is 0 Å². The van der Waals surface area contributed by atoms with Gasteiger partial charge >= 0.3 is 15.6 Å². The van der Waals surface area contributed by atoms with Gasteiger partial charge in [0.05, 0.1) is 6.61 Å². The molecule has 0 N–H and O–H groups in total. The Morgan fingerprint density at radius 1 is 1.47 bits per heavy atom. The summed E-state index contributed by atoms with van der Waals surface area (Å²) in [6.45, 7) is 4.85. The molecular formula is C8H13F3O3S. The van der Waals surface area contributed by atoms with Gasteiger partial charge in [-0.1, -0.05) is 13.0 Å². The average Bonchev–Trinajstić information content (AvgIpc) is 2.10. The van der Waals surface area contributed by atoms with E-state index in [0.717, 1.165) is 0 Å². The van der Waals surface area contributed by atoms with Crippen molar-refractivity contribution in [2.75, 3.05) is 6.61 Å². The number of hydrogen-bond acceptors (Lipinski definition) is 3. The van der Waals surface area contributed by atoms with Gasteiger partial charge in [-0.25, -0.2) is 0 Å². The van der Waals surface area contributed by atoms with E-state index in [1.807, 2.05) is 6.92 Å². The second-order valence-electron chi connectivity index (χ2n) is 3.08. The molecule has 7 heteroatoms. The van der Waals surface area contributed by atoms with Crippen molar-refractivity contribution in [3.05, 3.63) is 12.7 Å². The standard InChI is InChI=1S/C8H13F3O3S/c1-3-7(2)5-4-6-14-15(12,13)8(9,10)11/h3,7H,1,4-6H2,2H3/t7-/m1/s1. The molecule has 0 aliphatic heterocycles. The Balaban J connectivity index is 3.93. The van der Waals surface area contributed by atoms with Crippen molar-refractivity contribution >= 4 is 10.1 Å². The molecule has 3 nitrogen and oxygen atoms in total. The lowest BCUT2D eigenvalue weighted by Gasteiger charge is -2.09. The Morgan fingerprint density at radius 3 is 2.40 bits per heavy atom. The first kappa shape index (κ1) is 14.4. The molecule has 0 rings (SSSR count). The van der Waals surface area contributed by atoms with E-state index in [0.29, 0.717) is 6.42 Å². The SMILES string of the molecule is C=C[C@@H](C)CCCOS(=O)(=O)C(F)(F)F. The fourth-order valence-electron chi connectivity index (χ4n) is 0.759. The van der Waals surface area contributed by atoms with E-state index >= 15 is 0 Å². The van der Waals surface area contributed by atoms with Gasteiger partial charge in [0.25, 0.3) is 0 Å². The third-order valence-electron chi connectivity index (χ3n) is 1.73. The highest BCUT2D eigenvalue weighted by Gasteiger charge is 2.47. The van der Waals surface area contributed by atoms with Crippen LogP contribution in [0.2, 0.25) is 0 Å². The molecule has 0 unspecified atom stereocenters. The maximum atomic E-state index is 11.8. The van der Waals surface area contributed by atoms with Crippen LogP contribution in [0, 0.1) is 5.92 Å². The minimum atomic E-state index is -5.43. The molecular weight excluding hydrogens is 233 g/mol. The van der Waals surface area contributed by atoms with Crippen molar-refractivity contribution in [1.82, 2.24) is 0 Å². The Hall–Kier alpha value is -0.560.